The van der Waals surface area contributed by atoms with Gasteiger partial charge in [-0.2, -0.15) is 0 Å². The quantitative estimate of drug-likeness (QED) is 0.800. The maximum atomic E-state index is 11.8. The molecule has 1 aromatic carbocycles. The number of carbonyl (C=O) groups is 1. The summed E-state index contributed by atoms with van der Waals surface area (Å²) in [6, 6.07) is 7.65. The molecule has 2 rings (SSSR count). The van der Waals surface area contributed by atoms with Gasteiger partial charge in [-0.05, 0) is 38.5 Å². The van der Waals surface area contributed by atoms with Crippen LogP contribution in [0.3, 0.4) is 0 Å². The average Bonchev–Trinajstić information content (AvgIpc) is 2.90. The molecule has 20 heavy (non-hydrogen) atoms. The smallest absolute Gasteiger partial charge is 0.238 e. The lowest BCUT2D eigenvalue weighted by Crippen LogP contribution is -2.41. The molecule has 0 bridgehead atoms. The summed E-state index contributed by atoms with van der Waals surface area (Å²) >= 11 is 0. The van der Waals surface area contributed by atoms with E-state index in [2.05, 4.69) is 20.6 Å². The van der Waals surface area contributed by atoms with E-state index in [0.29, 0.717) is 6.54 Å². The van der Waals surface area contributed by atoms with E-state index in [1.54, 1.807) is 12.5 Å². The van der Waals surface area contributed by atoms with E-state index in [-0.39, 0.29) is 11.4 Å². The molecular weight excluding hydrogens is 252 g/mol. The normalized spacial score (nSPS) is 11.3. The van der Waals surface area contributed by atoms with Crippen molar-refractivity contribution in [2.75, 3.05) is 11.9 Å². The van der Waals surface area contributed by atoms with Crippen LogP contribution < -0.4 is 10.6 Å². The molecule has 5 heteroatoms. The molecule has 0 radical (unpaired) electrons. The van der Waals surface area contributed by atoms with Crippen molar-refractivity contribution in [2.24, 2.45) is 0 Å². The molecule has 0 fully saturated rings. The second kappa shape index (κ2) is 5.88. The fourth-order valence-electron chi connectivity index (χ4n) is 1.70. The van der Waals surface area contributed by atoms with Gasteiger partial charge in [0.1, 0.15) is 0 Å². The van der Waals surface area contributed by atoms with Crippen molar-refractivity contribution in [1.29, 1.82) is 0 Å². The Hall–Kier alpha value is -2.14. The molecule has 1 amide bonds. The van der Waals surface area contributed by atoms with Crippen LogP contribution in [0.2, 0.25) is 0 Å². The van der Waals surface area contributed by atoms with Crippen molar-refractivity contribution in [3.05, 3.63) is 36.8 Å². The summed E-state index contributed by atoms with van der Waals surface area (Å²) in [4.78, 5) is 18.8. The minimum Gasteiger partial charge on any atom is -0.345 e. The van der Waals surface area contributed by atoms with Crippen molar-refractivity contribution in [3.63, 3.8) is 0 Å². The molecule has 2 aromatic rings. The fourth-order valence-corrected chi connectivity index (χ4v) is 1.70. The first-order valence-corrected chi connectivity index (χ1v) is 6.58. The number of nitrogens with zero attached hydrogens (tertiary/aromatic N) is 1. The molecule has 3 N–H and O–H groups in total. The van der Waals surface area contributed by atoms with Crippen molar-refractivity contribution in [1.82, 2.24) is 15.3 Å². The molecule has 0 aliphatic rings. The summed E-state index contributed by atoms with van der Waals surface area (Å²) in [5, 5.41) is 6.01. The summed E-state index contributed by atoms with van der Waals surface area (Å²) in [5.41, 5.74) is 2.71. The Morgan fingerprint density at radius 1 is 1.25 bits per heavy atom. The van der Waals surface area contributed by atoms with Gasteiger partial charge in [0.25, 0.3) is 0 Å². The molecule has 1 aromatic heterocycles. The van der Waals surface area contributed by atoms with Crippen molar-refractivity contribution in [3.8, 4) is 11.3 Å². The number of amides is 1. The van der Waals surface area contributed by atoms with Gasteiger partial charge in [0.2, 0.25) is 5.91 Å². The molecule has 0 aliphatic heterocycles. The van der Waals surface area contributed by atoms with E-state index in [1.807, 2.05) is 45.0 Å². The van der Waals surface area contributed by atoms with E-state index >= 15 is 0 Å². The number of benzene rings is 1. The summed E-state index contributed by atoms with van der Waals surface area (Å²) in [5.74, 6) is -0.0470. The number of aromatic amines is 1. The first kappa shape index (κ1) is 14.3. The number of H-pyrrole nitrogens is 1. The Balaban J connectivity index is 1.92. The predicted molar refractivity (Wildman–Crippen MR) is 80.4 cm³/mol. The largest absolute Gasteiger partial charge is 0.345 e. The molecule has 0 spiro atoms. The van der Waals surface area contributed by atoms with Gasteiger partial charge in [-0.1, -0.05) is 12.1 Å². The lowest BCUT2D eigenvalue weighted by molar-refractivity contribution is -0.115. The number of anilines is 1. The summed E-state index contributed by atoms with van der Waals surface area (Å²) < 4.78 is 0. The highest BCUT2D eigenvalue weighted by Gasteiger charge is 2.11. The second-order valence-electron chi connectivity index (χ2n) is 5.69. The third-order valence-corrected chi connectivity index (χ3v) is 2.76. The lowest BCUT2D eigenvalue weighted by Gasteiger charge is -2.20. The van der Waals surface area contributed by atoms with Gasteiger partial charge in [0, 0.05) is 11.2 Å². The van der Waals surface area contributed by atoms with Crippen LogP contribution in [-0.2, 0) is 4.79 Å². The average molecular weight is 272 g/mol. The molecule has 0 aliphatic carbocycles. The highest BCUT2D eigenvalue weighted by molar-refractivity contribution is 5.92. The molecule has 0 saturated heterocycles. The third kappa shape index (κ3) is 4.20. The number of aromatic nitrogens is 2. The van der Waals surface area contributed by atoms with Crippen LogP contribution in [0.15, 0.2) is 36.8 Å². The summed E-state index contributed by atoms with van der Waals surface area (Å²) in [6.07, 6.45) is 3.41. The van der Waals surface area contributed by atoms with Crippen molar-refractivity contribution >= 4 is 11.6 Å². The van der Waals surface area contributed by atoms with Crippen LogP contribution in [-0.4, -0.2) is 28.0 Å². The fraction of sp³-hybridized carbons (Fsp3) is 0.333. The van der Waals surface area contributed by atoms with E-state index in [4.69, 9.17) is 0 Å². The number of hydrogen-bond acceptors (Lipinski definition) is 3. The molecule has 0 saturated carbocycles. The number of imidazole rings is 1. The van der Waals surface area contributed by atoms with Gasteiger partial charge in [0.05, 0.1) is 24.8 Å². The number of hydrogen-bond donors (Lipinski definition) is 3. The molecule has 5 nitrogen and oxygen atoms in total. The Morgan fingerprint density at radius 3 is 2.50 bits per heavy atom. The van der Waals surface area contributed by atoms with E-state index in [0.717, 1.165) is 16.9 Å². The van der Waals surface area contributed by atoms with Crippen LogP contribution in [0, 0.1) is 0 Å². The van der Waals surface area contributed by atoms with Crippen LogP contribution in [0.5, 0.6) is 0 Å². The van der Waals surface area contributed by atoms with Crippen molar-refractivity contribution in [2.45, 2.75) is 26.3 Å². The predicted octanol–water partition coefficient (Wildman–Crippen LogP) is 2.40. The molecule has 0 unspecified atom stereocenters. The van der Waals surface area contributed by atoms with Gasteiger partial charge in [-0.15, -0.1) is 0 Å². The van der Waals surface area contributed by atoms with Crippen LogP contribution in [0.25, 0.3) is 11.3 Å². The second-order valence-corrected chi connectivity index (χ2v) is 5.69. The standard InChI is InChI=1S/C15H20N4O/c1-15(2,3)18-9-14(20)19-12-6-4-11(5-7-12)13-8-16-10-17-13/h4-8,10,18H,9H2,1-3H3,(H,16,17)(H,19,20). The lowest BCUT2D eigenvalue weighted by atomic mass is 10.1. The maximum Gasteiger partial charge on any atom is 0.238 e. The molecule has 106 valence electrons. The number of nitrogens with one attached hydrogen (secondary N) is 3. The monoisotopic (exact) mass is 272 g/mol. The number of carbonyl (C=O) groups excluding carboxylic acids is 1. The Bertz CT molecular complexity index is 553. The minimum absolute atomic E-state index is 0.0470. The van der Waals surface area contributed by atoms with Crippen LogP contribution >= 0.6 is 0 Å². The number of rotatable bonds is 4. The molecule has 1 heterocycles. The van der Waals surface area contributed by atoms with Gasteiger partial charge >= 0.3 is 0 Å². The zero-order valence-corrected chi connectivity index (χ0v) is 12.0. The van der Waals surface area contributed by atoms with E-state index < -0.39 is 0 Å². The highest BCUT2D eigenvalue weighted by atomic mass is 16.1. The summed E-state index contributed by atoms with van der Waals surface area (Å²) in [7, 11) is 0. The zero-order valence-electron chi connectivity index (χ0n) is 12.0. The maximum absolute atomic E-state index is 11.8. The molecular formula is C15H20N4O. The van der Waals surface area contributed by atoms with Gasteiger partial charge in [0.15, 0.2) is 0 Å². The van der Waals surface area contributed by atoms with E-state index in [9.17, 15) is 4.79 Å². The van der Waals surface area contributed by atoms with Crippen LogP contribution in [0.4, 0.5) is 5.69 Å². The van der Waals surface area contributed by atoms with Crippen molar-refractivity contribution < 1.29 is 4.79 Å². The molecule has 0 atom stereocenters. The Labute approximate surface area is 118 Å². The first-order chi connectivity index (χ1) is 9.44. The first-order valence-electron chi connectivity index (χ1n) is 6.58. The minimum atomic E-state index is -0.0676. The van der Waals surface area contributed by atoms with Gasteiger partial charge in [-0.3, -0.25) is 4.79 Å². The Kier molecular flexibility index (Phi) is 4.20. The van der Waals surface area contributed by atoms with Gasteiger partial charge in [-0.25, -0.2) is 4.98 Å². The van der Waals surface area contributed by atoms with E-state index in [1.165, 1.54) is 0 Å². The topological polar surface area (TPSA) is 69.8 Å². The van der Waals surface area contributed by atoms with Crippen LogP contribution in [0.1, 0.15) is 20.8 Å². The Morgan fingerprint density at radius 2 is 1.95 bits per heavy atom. The zero-order chi connectivity index (χ0) is 14.6. The highest BCUT2D eigenvalue weighted by Crippen LogP contribution is 2.18. The summed E-state index contributed by atoms with van der Waals surface area (Å²) in [6.45, 7) is 6.38. The SMILES string of the molecule is CC(C)(C)NCC(=O)Nc1ccc(-c2cnc[nH]2)cc1. The van der Waals surface area contributed by atoms with Gasteiger partial charge < -0.3 is 15.6 Å². The third-order valence-electron chi connectivity index (χ3n) is 2.76.